The Morgan fingerprint density at radius 2 is 0.500 bits per heavy atom. The molecular weight excluding hydrogens is 456 g/mol. The Morgan fingerprint density at radius 3 is 0.722 bits per heavy atom. The number of H-pyrrole nitrogens is 4. The number of fused-ring (bicyclic) bond motifs is 6. The maximum absolute atomic E-state index is 11.8. The van der Waals surface area contributed by atoms with E-state index in [2.05, 4.69) is 19.9 Å². The van der Waals surface area contributed by atoms with Gasteiger partial charge in [0, 0.05) is 24.3 Å². The van der Waals surface area contributed by atoms with E-state index in [1.165, 1.54) is 24.3 Å². The highest BCUT2D eigenvalue weighted by atomic mass is 16.2. The van der Waals surface area contributed by atoms with Gasteiger partial charge in [-0.3, -0.25) is 19.2 Å². The number of hydrogen-bond donors (Lipinski definition) is 4. The van der Waals surface area contributed by atoms with Gasteiger partial charge in [-0.05, 0) is 45.8 Å². The fourth-order valence-electron chi connectivity index (χ4n) is 4.73. The van der Waals surface area contributed by atoms with Gasteiger partial charge in [0.1, 0.15) is 0 Å². The van der Waals surface area contributed by atoms with Crippen LogP contribution in [-0.4, -0.2) is 19.9 Å². The molecule has 0 saturated carbocycles. The molecule has 0 atom stereocenters. The predicted molar refractivity (Wildman–Crippen MR) is 143 cm³/mol. The van der Waals surface area contributed by atoms with Gasteiger partial charge < -0.3 is 19.9 Å². The zero-order chi connectivity index (χ0) is 24.6. The Balaban J connectivity index is 1.50. The molecular formula is C28H16N4O4. The van der Waals surface area contributed by atoms with Crippen LogP contribution in [0.4, 0.5) is 0 Å². The Bertz CT molecular complexity index is 2030. The summed E-state index contributed by atoms with van der Waals surface area (Å²) in [6.45, 7) is 0. The summed E-state index contributed by atoms with van der Waals surface area (Å²) in [5.41, 5.74) is 3.29. The molecule has 0 radical (unpaired) electrons. The highest BCUT2D eigenvalue weighted by Gasteiger charge is 2.06. The maximum Gasteiger partial charge on any atom is 0.227 e. The van der Waals surface area contributed by atoms with Crippen LogP contribution in [0.15, 0.2) is 92.0 Å². The first-order valence-electron chi connectivity index (χ1n) is 11.3. The van der Waals surface area contributed by atoms with Crippen molar-refractivity contribution in [2.45, 2.75) is 0 Å². The van der Waals surface area contributed by atoms with Crippen LogP contribution in [0.3, 0.4) is 0 Å². The first-order valence-corrected chi connectivity index (χ1v) is 11.3. The molecule has 0 unspecified atom stereocenters. The lowest BCUT2D eigenvalue weighted by Gasteiger charge is -2.07. The van der Waals surface area contributed by atoms with E-state index < -0.39 is 21.7 Å². The zero-order valence-corrected chi connectivity index (χ0v) is 18.6. The second-order valence-electron chi connectivity index (χ2n) is 8.91. The van der Waals surface area contributed by atoms with E-state index in [9.17, 15) is 19.2 Å². The van der Waals surface area contributed by atoms with Gasteiger partial charge in [0.2, 0.25) is 21.7 Å². The summed E-state index contributed by atoms with van der Waals surface area (Å²) < 4.78 is 0. The summed E-state index contributed by atoms with van der Waals surface area (Å²) in [6.07, 6.45) is 0. The summed E-state index contributed by atoms with van der Waals surface area (Å²) in [7, 11) is 0. The second kappa shape index (κ2) is 7.13. The molecule has 0 aliphatic carbocycles. The minimum Gasteiger partial charge on any atom is -0.352 e. The smallest absolute Gasteiger partial charge is 0.227 e. The van der Waals surface area contributed by atoms with E-state index in [0.29, 0.717) is 22.1 Å². The molecule has 0 aliphatic rings. The van der Waals surface area contributed by atoms with E-state index in [4.69, 9.17) is 0 Å². The van der Waals surface area contributed by atoms with Crippen LogP contribution in [0.2, 0.25) is 0 Å². The number of nitrogens with one attached hydrogen (secondary N) is 4. The van der Waals surface area contributed by atoms with Gasteiger partial charge in [-0.1, -0.05) is 24.3 Å². The highest BCUT2D eigenvalue weighted by Crippen LogP contribution is 2.25. The van der Waals surface area contributed by atoms with Crippen LogP contribution in [0.25, 0.3) is 65.7 Å². The fraction of sp³-hybridized carbons (Fsp3) is 0. The van der Waals surface area contributed by atoms with E-state index in [0.717, 1.165) is 43.6 Å². The molecule has 172 valence electrons. The fourth-order valence-corrected chi connectivity index (χ4v) is 4.73. The zero-order valence-electron chi connectivity index (χ0n) is 18.6. The van der Waals surface area contributed by atoms with E-state index in [-0.39, 0.29) is 0 Å². The molecule has 0 fully saturated rings. The number of benzene rings is 4. The summed E-state index contributed by atoms with van der Waals surface area (Å²) in [6, 6.07) is 21.3. The Labute approximate surface area is 199 Å². The topological polar surface area (TPSA) is 131 Å². The monoisotopic (exact) mass is 472 g/mol. The van der Waals surface area contributed by atoms with Crippen molar-refractivity contribution < 1.29 is 0 Å². The second-order valence-corrected chi connectivity index (χ2v) is 8.91. The van der Waals surface area contributed by atoms with E-state index in [1.807, 2.05) is 48.5 Å². The van der Waals surface area contributed by atoms with Crippen molar-refractivity contribution in [3.05, 3.63) is 114 Å². The minimum atomic E-state index is -0.550. The third-order valence-corrected chi connectivity index (χ3v) is 6.58. The molecule has 0 saturated heterocycles. The van der Waals surface area contributed by atoms with Crippen LogP contribution in [0.1, 0.15) is 0 Å². The molecule has 4 N–H and O–H groups in total. The van der Waals surface area contributed by atoms with Crippen molar-refractivity contribution in [1.82, 2.24) is 19.9 Å². The van der Waals surface area contributed by atoms with Crippen molar-refractivity contribution in [2.24, 2.45) is 0 Å². The summed E-state index contributed by atoms with van der Waals surface area (Å²) in [5.74, 6) is 0. The van der Waals surface area contributed by atoms with Crippen molar-refractivity contribution in [3.63, 3.8) is 0 Å². The number of rotatable bonds is 0. The van der Waals surface area contributed by atoms with Crippen molar-refractivity contribution in [3.8, 4) is 0 Å². The molecule has 8 nitrogen and oxygen atoms in total. The first-order chi connectivity index (χ1) is 17.4. The largest absolute Gasteiger partial charge is 0.352 e. The van der Waals surface area contributed by atoms with Gasteiger partial charge in [-0.2, -0.15) is 0 Å². The number of aromatic nitrogens is 4. The average Bonchev–Trinajstić information content (AvgIpc) is 2.84. The lowest BCUT2D eigenvalue weighted by Crippen LogP contribution is -2.21. The quantitative estimate of drug-likeness (QED) is 0.197. The van der Waals surface area contributed by atoms with Gasteiger partial charge in [-0.15, -0.1) is 0 Å². The van der Waals surface area contributed by atoms with Gasteiger partial charge in [-0.25, -0.2) is 0 Å². The molecule has 8 heteroatoms. The Hall–Kier alpha value is -5.24. The molecule has 0 spiro atoms. The van der Waals surface area contributed by atoms with Crippen molar-refractivity contribution >= 4 is 65.7 Å². The van der Waals surface area contributed by atoms with Crippen LogP contribution < -0.4 is 21.7 Å². The van der Waals surface area contributed by atoms with E-state index >= 15 is 0 Å². The summed E-state index contributed by atoms with van der Waals surface area (Å²) in [4.78, 5) is 60.2. The SMILES string of the molecule is O=c1cc2[nH]c3cc4ccc5cc6[nH]c7cc(=O)c(=O)cc7[nH]c6cc5ccc4cc3[nH]c2cc1=O. The van der Waals surface area contributed by atoms with Crippen molar-refractivity contribution in [1.29, 1.82) is 0 Å². The molecule has 5 aromatic carbocycles. The minimum absolute atomic E-state index is 0.550. The normalized spacial score (nSPS) is 11.8. The Morgan fingerprint density at radius 1 is 0.306 bits per heavy atom. The maximum atomic E-state index is 11.8. The van der Waals surface area contributed by atoms with Crippen LogP contribution in [-0.2, 0) is 0 Å². The summed E-state index contributed by atoms with van der Waals surface area (Å²) >= 11 is 0. The van der Waals surface area contributed by atoms with E-state index in [1.54, 1.807) is 0 Å². The van der Waals surface area contributed by atoms with Crippen molar-refractivity contribution in [2.75, 3.05) is 0 Å². The number of aromatic amines is 4. The predicted octanol–water partition coefficient (Wildman–Crippen LogP) is 3.92. The first kappa shape index (κ1) is 20.2. The molecule has 2 aromatic heterocycles. The van der Waals surface area contributed by atoms with Crippen LogP contribution >= 0.6 is 0 Å². The molecule has 2 heterocycles. The third kappa shape index (κ3) is 3.08. The van der Waals surface area contributed by atoms with Crippen LogP contribution in [0, 0.1) is 0 Å². The van der Waals surface area contributed by atoms with Crippen LogP contribution in [0.5, 0.6) is 0 Å². The van der Waals surface area contributed by atoms with Gasteiger partial charge >= 0.3 is 0 Å². The highest BCUT2D eigenvalue weighted by molar-refractivity contribution is 6.01. The van der Waals surface area contributed by atoms with Gasteiger partial charge in [0.15, 0.2) is 0 Å². The molecule has 0 aliphatic heterocycles. The van der Waals surface area contributed by atoms with Gasteiger partial charge in [0.05, 0.1) is 44.1 Å². The third-order valence-electron chi connectivity index (χ3n) is 6.58. The molecule has 7 aromatic rings. The van der Waals surface area contributed by atoms with Gasteiger partial charge in [0.25, 0.3) is 0 Å². The molecule has 0 bridgehead atoms. The number of hydrogen-bond acceptors (Lipinski definition) is 4. The summed E-state index contributed by atoms with van der Waals surface area (Å²) in [5, 5.41) is 3.90. The average molecular weight is 472 g/mol. The standard InChI is InChI=1S/C28H16N4O4/c33-25-9-21-22(10-26(25)34)31-19-7-15-3-4-16-8-20-18(6-14(16)2-1-13(15)5-17(19)29-21)30-23-11-27(35)28(36)12-24(23)32-20/h1-12,29-32H. The Kier molecular flexibility index (Phi) is 3.99. The molecule has 36 heavy (non-hydrogen) atoms. The molecule has 7 rings (SSSR count). The lowest BCUT2D eigenvalue weighted by molar-refractivity contribution is 1.37. The lowest BCUT2D eigenvalue weighted by atomic mass is 10.1. The molecule has 0 amide bonds.